The van der Waals surface area contributed by atoms with Crippen molar-refractivity contribution in [2.24, 2.45) is 5.92 Å². The fraction of sp³-hybridized carbons (Fsp3) is 0.615. The molecule has 92 valence electrons. The number of piperidine rings is 1. The van der Waals surface area contributed by atoms with Crippen molar-refractivity contribution in [3.63, 3.8) is 0 Å². The normalized spacial score (nSPS) is 27.9. The summed E-state index contributed by atoms with van der Waals surface area (Å²) in [7, 11) is 1.69. The zero-order valence-electron chi connectivity index (χ0n) is 10.2. The van der Waals surface area contributed by atoms with E-state index in [2.05, 4.69) is 21.3 Å². The number of methoxy groups -OCH3 is 1. The highest BCUT2D eigenvalue weighted by Gasteiger charge is 2.29. The van der Waals surface area contributed by atoms with E-state index in [1.165, 1.54) is 25.1 Å². The zero-order chi connectivity index (χ0) is 11.7. The van der Waals surface area contributed by atoms with Crippen LogP contribution in [0, 0.1) is 5.92 Å². The van der Waals surface area contributed by atoms with Gasteiger partial charge in [-0.05, 0) is 25.3 Å². The number of nitrogens with one attached hydrogen (secondary N) is 1. The average Bonchev–Trinajstić information content (AvgIpc) is 2.72. The Bertz CT molecular complexity index is 374. The predicted molar refractivity (Wildman–Crippen MR) is 67.5 cm³/mol. The van der Waals surface area contributed by atoms with Crippen LogP contribution < -0.4 is 15.0 Å². The van der Waals surface area contributed by atoms with Gasteiger partial charge in [-0.2, -0.15) is 0 Å². The SMILES string of the molecule is COc1cncc(N2CC3CCC(C2)NC3)c1. The first-order valence-corrected chi connectivity index (χ1v) is 6.32. The summed E-state index contributed by atoms with van der Waals surface area (Å²) in [5.74, 6) is 1.62. The molecule has 0 aromatic carbocycles. The Morgan fingerprint density at radius 3 is 3.06 bits per heavy atom. The molecule has 3 aliphatic heterocycles. The number of ether oxygens (including phenoxy) is 1. The number of fused-ring (bicyclic) bond motifs is 4. The van der Waals surface area contributed by atoms with Crippen LogP contribution in [0.2, 0.25) is 0 Å². The fourth-order valence-electron chi connectivity index (χ4n) is 2.84. The van der Waals surface area contributed by atoms with Gasteiger partial charge in [-0.3, -0.25) is 4.98 Å². The Balaban J connectivity index is 1.83. The van der Waals surface area contributed by atoms with Crippen LogP contribution in [0.4, 0.5) is 5.69 Å². The number of hydrogen-bond acceptors (Lipinski definition) is 4. The lowest BCUT2D eigenvalue weighted by Crippen LogP contribution is -2.39. The van der Waals surface area contributed by atoms with E-state index in [0.29, 0.717) is 6.04 Å². The highest BCUT2D eigenvalue weighted by atomic mass is 16.5. The number of hydrogen-bond donors (Lipinski definition) is 1. The van der Waals surface area contributed by atoms with Crippen molar-refractivity contribution in [2.45, 2.75) is 18.9 Å². The van der Waals surface area contributed by atoms with Gasteiger partial charge >= 0.3 is 0 Å². The van der Waals surface area contributed by atoms with E-state index in [9.17, 15) is 0 Å². The Labute approximate surface area is 102 Å². The van der Waals surface area contributed by atoms with Crippen molar-refractivity contribution in [3.05, 3.63) is 18.5 Å². The van der Waals surface area contributed by atoms with Crippen molar-refractivity contribution in [2.75, 3.05) is 31.6 Å². The molecule has 3 aliphatic rings. The van der Waals surface area contributed by atoms with E-state index in [1.807, 2.05) is 6.20 Å². The number of pyridine rings is 1. The third-order valence-corrected chi connectivity index (χ3v) is 3.84. The molecule has 0 saturated carbocycles. The van der Waals surface area contributed by atoms with Crippen LogP contribution >= 0.6 is 0 Å². The smallest absolute Gasteiger partial charge is 0.139 e. The molecular formula is C13H19N3O. The minimum atomic E-state index is 0.639. The van der Waals surface area contributed by atoms with Gasteiger partial charge in [0, 0.05) is 25.2 Å². The second-order valence-electron chi connectivity index (χ2n) is 5.04. The van der Waals surface area contributed by atoms with Gasteiger partial charge in [0.1, 0.15) is 5.75 Å². The summed E-state index contributed by atoms with van der Waals surface area (Å²) in [5, 5.41) is 3.62. The first kappa shape index (κ1) is 10.8. The Kier molecular flexibility index (Phi) is 2.89. The molecule has 0 radical (unpaired) electrons. The molecule has 2 atom stereocenters. The maximum atomic E-state index is 5.24. The summed E-state index contributed by atoms with van der Waals surface area (Å²) in [4.78, 5) is 6.69. The van der Waals surface area contributed by atoms with Crippen LogP contribution in [0.25, 0.3) is 0 Å². The minimum Gasteiger partial charge on any atom is -0.495 e. The van der Waals surface area contributed by atoms with Gasteiger partial charge in [-0.25, -0.2) is 0 Å². The monoisotopic (exact) mass is 233 g/mol. The molecule has 3 fully saturated rings. The summed E-state index contributed by atoms with van der Waals surface area (Å²) in [6.07, 6.45) is 6.35. The van der Waals surface area contributed by atoms with E-state index in [1.54, 1.807) is 13.3 Å². The zero-order valence-corrected chi connectivity index (χ0v) is 10.2. The first-order valence-electron chi connectivity index (χ1n) is 6.32. The van der Waals surface area contributed by atoms with Crippen LogP contribution in [0.5, 0.6) is 5.75 Å². The Morgan fingerprint density at radius 2 is 2.29 bits per heavy atom. The van der Waals surface area contributed by atoms with Crippen LogP contribution in [-0.4, -0.2) is 37.8 Å². The predicted octanol–water partition coefficient (Wildman–Crippen LogP) is 1.28. The third kappa shape index (κ3) is 2.22. The molecular weight excluding hydrogens is 214 g/mol. The molecule has 4 heteroatoms. The van der Waals surface area contributed by atoms with Crippen LogP contribution in [0.15, 0.2) is 18.5 Å². The molecule has 0 amide bonds. The largest absolute Gasteiger partial charge is 0.495 e. The molecule has 4 rings (SSSR count). The fourth-order valence-corrected chi connectivity index (χ4v) is 2.84. The summed E-state index contributed by atoms with van der Waals surface area (Å²) >= 11 is 0. The maximum absolute atomic E-state index is 5.24. The topological polar surface area (TPSA) is 37.4 Å². The average molecular weight is 233 g/mol. The Hall–Kier alpha value is -1.29. The van der Waals surface area contributed by atoms with Crippen molar-refractivity contribution >= 4 is 5.69 Å². The van der Waals surface area contributed by atoms with Crippen molar-refractivity contribution in [1.29, 1.82) is 0 Å². The summed E-state index contributed by atoms with van der Waals surface area (Å²) in [6.45, 7) is 3.39. The number of nitrogens with zero attached hydrogens (tertiary/aromatic N) is 2. The summed E-state index contributed by atoms with van der Waals surface area (Å²) < 4.78 is 5.24. The van der Waals surface area contributed by atoms with Gasteiger partial charge in [0.25, 0.3) is 0 Å². The van der Waals surface area contributed by atoms with Crippen molar-refractivity contribution in [1.82, 2.24) is 10.3 Å². The molecule has 4 heterocycles. The van der Waals surface area contributed by atoms with Gasteiger partial charge in [0.05, 0.1) is 25.2 Å². The summed E-state index contributed by atoms with van der Waals surface area (Å²) in [5.41, 5.74) is 1.19. The quantitative estimate of drug-likeness (QED) is 0.835. The lowest BCUT2D eigenvalue weighted by molar-refractivity contribution is 0.360. The summed E-state index contributed by atoms with van der Waals surface area (Å²) in [6, 6.07) is 2.72. The highest BCUT2D eigenvalue weighted by Crippen LogP contribution is 2.27. The molecule has 17 heavy (non-hydrogen) atoms. The molecule has 2 bridgehead atoms. The second kappa shape index (κ2) is 4.53. The molecule has 4 nitrogen and oxygen atoms in total. The van der Waals surface area contributed by atoms with E-state index >= 15 is 0 Å². The molecule has 0 aliphatic carbocycles. The molecule has 2 unspecified atom stereocenters. The first-order chi connectivity index (χ1) is 8.35. The highest BCUT2D eigenvalue weighted by molar-refractivity contribution is 5.48. The Morgan fingerprint density at radius 1 is 1.35 bits per heavy atom. The number of anilines is 1. The van der Waals surface area contributed by atoms with Gasteiger partial charge < -0.3 is 15.0 Å². The molecule has 0 spiro atoms. The molecule has 1 N–H and O–H groups in total. The lowest BCUT2D eigenvalue weighted by Gasteiger charge is -2.24. The maximum Gasteiger partial charge on any atom is 0.139 e. The van der Waals surface area contributed by atoms with E-state index < -0.39 is 0 Å². The van der Waals surface area contributed by atoms with E-state index in [4.69, 9.17) is 4.74 Å². The lowest BCUT2D eigenvalue weighted by atomic mass is 9.97. The van der Waals surface area contributed by atoms with Crippen molar-refractivity contribution < 1.29 is 4.74 Å². The van der Waals surface area contributed by atoms with Crippen LogP contribution in [0.1, 0.15) is 12.8 Å². The van der Waals surface area contributed by atoms with E-state index in [0.717, 1.165) is 24.8 Å². The van der Waals surface area contributed by atoms with Gasteiger partial charge in [-0.15, -0.1) is 0 Å². The van der Waals surface area contributed by atoms with Crippen LogP contribution in [0.3, 0.4) is 0 Å². The number of rotatable bonds is 2. The second-order valence-corrected chi connectivity index (χ2v) is 5.04. The van der Waals surface area contributed by atoms with Crippen molar-refractivity contribution in [3.8, 4) is 5.75 Å². The molecule has 1 aromatic heterocycles. The van der Waals surface area contributed by atoms with Crippen LogP contribution in [-0.2, 0) is 0 Å². The van der Waals surface area contributed by atoms with Gasteiger partial charge in [-0.1, -0.05) is 0 Å². The standard InChI is InChI=1S/C13H19N3O/c1-17-13-4-12(6-14-7-13)16-8-10-2-3-11(9-16)15-5-10/h4,6-7,10-11,15H,2-3,5,8-9H2,1H3. The number of aromatic nitrogens is 1. The van der Waals surface area contributed by atoms with Gasteiger partial charge in [0.15, 0.2) is 0 Å². The van der Waals surface area contributed by atoms with Gasteiger partial charge in [0.2, 0.25) is 0 Å². The third-order valence-electron chi connectivity index (χ3n) is 3.84. The minimum absolute atomic E-state index is 0.639. The molecule has 3 saturated heterocycles. The molecule has 1 aromatic rings. The van der Waals surface area contributed by atoms with E-state index in [-0.39, 0.29) is 0 Å².